The molecule has 1 aliphatic heterocycles. The number of aromatic amines is 3. The average Bonchev–Trinajstić information content (AvgIpc) is 3.55. The number of H-pyrrole nitrogens is 3. The molecule has 33 heavy (non-hydrogen) atoms. The first-order valence-corrected chi connectivity index (χ1v) is 11.3. The fourth-order valence-corrected chi connectivity index (χ4v) is 4.62. The second-order valence-electron chi connectivity index (χ2n) is 8.66. The van der Waals surface area contributed by atoms with Gasteiger partial charge in [0.1, 0.15) is 5.69 Å². The molecule has 5 aromatic rings. The van der Waals surface area contributed by atoms with E-state index >= 15 is 0 Å². The topological polar surface area (TPSA) is 114 Å². The summed E-state index contributed by atoms with van der Waals surface area (Å²) < 4.78 is 0. The van der Waals surface area contributed by atoms with E-state index in [4.69, 9.17) is 4.98 Å². The lowest BCUT2D eigenvalue weighted by atomic mass is 10.1. The molecule has 4 heterocycles. The molecule has 0 unspecified atom stereocenters. The molecule has 0 radical (unpaired) electrons. The Balaban J connectivity index is 1.34. The smallest absolute Gasteiger partial charge is 0.255 e. The van der Waals surface area contributed by atoms with Crippen LogP contribution in [0, 0.1) is 6.92 Å². The van der Waals surface area contributed by atoms with Gasteiger partial charge in [-0.15, -0.1) is 0 Å². The summed E-state index contributed by atoms with van der Waals surface area (Å²) in [5.74, 6) is 0.473. The standard InChI is InChI=1S/C25H25N7O/c1-14-22(25(33)27-17-8-10-26-11-9-17)23(32-31-14)24-29-19-7-6-16(13-21(19)30-24)20-12-15-4-2-3-5-18(15)28-20/h2-7,12-13,17,26,28H,8-11H2,1H3,(H,27,33)(H,29,30)(H,31,32). The van der Waals surface area contributed by atoms with Crippen LogP contribution in [0.1, 0.15) is 28.9 Å². The number of aromatic nitrogens is 5. The van der Waals surface area contributed by atoms with E-state index in [1.165, 1.54) is 5.39 Å². The Morgan fingerprint density at radius 1 is 1.03 bits per heavy atom. The Bertz CT molecular complexity index is 1440. The van der Waals surface area contributed by atoms with E-state index in [9.17, 15) is 4.79 Å². The third-order valence-electron chi connectivity index (χ3n) is 6.40. The van der Waals surface area contributed by atoms with E-state index in [-0.39, 0.29) is 11.9 Å². The summed E-state index contributed by atoms with van der Waals surface area (Å²) in [5, 5.41) is 15.0. The SMILES string of the molecule is Cc1[nH]nc(-c2nc3ccc(-c4cc5ccccc5[nH]4)cc3[nH]2)c1C(=O)NC1CCNCC1. The number of carbonyl (C=O) groups excluding carboxylic acids is 1. The Kier molecular flexibility index (Phi) is 4.73. The number of para-hydroxylation sites is 1. The van der Waals surface area contributed by atoms with Gasteiger partial charge in [0.25, 0.3) is 5.91 Å². The fraction of sp³-hybridized carbons (Fsp3) is 0.240. The normalized spacial score (nSPS) is 14.8. The van der Waals surface area contributed by atoms with Gasteiger partial charge < -0.3 is 20.6 Å². The zero-order valence-corrected chi connectivity index (χ0v) is 18.3. The van der Waals surface area contributed by atoms with Gasteiger partial charge >= 0.3 is 0 Å². The molecule has 5 N–H and O–H groups in total. The van der Waals surface area contributed by atoms with Gasteiger partial charge in [-0.3, -0.25) is 9.89 Å². The molecule has 0 saturated carbocycles. The second kappa shape index (κ2) is 7.90. The molecule has 0 aliphatic carbocycles. The number of benzene rings is 2. The molecular formula is C25H25N7O. The van der Waals surface area contributed by atoms with Crippen molar-refractivity contribution in [2.45, 2.75) is 25.8 Å². The lowest BCUT2D eigenvalue weighted by Crippen LogP contribution is -2.42. The number of hydrogen-bond donors (Lipinski definition) is 5. The van der Waals surface area contributed by atoms with Crippen LogP contribution in [-0.4, -0.2) is 50.2 Å². The predicted molar refractivity (Wildman–Crippen MR) is 129 cm³/mol. The number of fused-ring (bicyclic) bond motifs is 2. The highest BCUT2D eigenvalue weighted by molar-refractivity contribution is 6.01. The molecule has 0 atom stereocenters. The van der Waals surface area contributed by atoms with E-state index in [0.717, 1.165) is 59.4 Å². The molecule has 1 amide bonds. The van der Waals surface area contributed by atoms with Gasteiger partial charge in [0.05, 0.1) is 16.6 Å². The maximum Gasteiger partial charge on any atom is 0.255 e. The first-order chi connectivity index (χ1) is 16.2. The summed E-state index contributed by atoms with van der Waals surface area (Å²) in [6, 6.07) is 16.7. The molecule has 0 spiro atoms. The molecule has 8 nitrogen and oxygen atoms in total. The van der Waals surface area contributed by atoms with Gasteiger partial charge in [-0.2, -0.15) is 5.10 Å². The molecule has 3 aromatic heterocycles. The third-order valence-corrected chi connectivity index (χ3v) is 6.40. The van der Waals surface area contributed by atoms with Crippen molar-refractivity contribution < 1.29 is 4.79 Å². The van der Waals surface area contributed by atoms with Gasteiger partial charge in [-0.1, -0.05) is 24.3 Å². The van der Waals surface area contributed by atoms with Crippen LogP contribution in [0.2, 0.25) is 0 Å². The van der Waals surface area contributed by atoms with Crippen LogP contribution in [0.3, 0.4) is 0 Å². The molecule has 2 aromatic carbocycles. The van der Waals surface area contributed by atoms with Gasteiger partial charge in [0, 0.05) is 33.9 Å². The zero-order chi connectivity index (χ0) is 22.4. The highest BCUT2D eigenvalue weighted by Crippen LogP contribution is 2.29. The van der Waals surface area contributed by atoms with E-state index < -0.39 is 0 Å². The number of amides is 1. The molecule has 166 valence electrons. The van der Waals surface area contributed by atoms with E-state index in [1.807, 2.05) is 25.1 Å². The summed E-state index contributed by atoms with van der Waals surface area (Å²) >= 11 is 0. The second-order valence-corrected chi connectivity index (χ2v) is 8.66. The Morgan fingerprint density at radius 2 is 1.88 bits per heavy atom. The molecule has 6 rings (SSSR count). The Labute approximate surface area is 190 Å². The van der Waals surface area contributed by atoms with Gasteiger partial charge in [0.15, 0.2) is 5.82 Å². The largest absolute Gasteiger partial charge is 0.355 e. The summed E-state index contributed by atoms with van der Waals surface area (Å²) in [7, 11) is 0. The Hall–Kier alpha value is -3.91. The molecule has 0 bridgehead atoms. The van der Waals surface area contributed by atoms with Crippen LogP contribution in [-0.2, 0) is 0 Å². The van der Waals surface area contributed by atoms with Crippen molar-refractivity contribution in [2.24, 2.45) is 0 Å². The number of imidazole rings is 1. The van der Waals surface area contributed by atoms with Crippen molar-refractivity contribution in [1.29, 1.82) is 0 Å². The zero-order valence-electron chi connectivity index (χ0n) is 18.3. The maximum atomic E-state index is 13.1. The molecule has 1 fully saturated rings. The van der Waals surface area contributed by atoms with Crippen molar-refractivity contribution in [3.05, 3.63) is 59.8 Å². The number of hydrogen-bond acceptors (Lipinski definition) is 4. The predicted octanol–water partition coefficient (Wildman–Crippen LogP) is 3.89. The number of rotatable bonds is 4. The number of carbonyl (C=O) groups is 1. The highest BCUT2D eigenvalue weighted by Gasteiger charge is 2.24. The number of nitrogens with zero attached hydrogens (tertiary/aromatic N) is 2. The van der Waals surface area contributed by atoms with E-state index in [1.54, 1.807) is 0 Å². The minimum Gasteiger partial charge on any atom is -0.355 e. The molecular weight excluding hydrogens is 414 g/mol. The Morgan fingerprint density at radius 3 is 2.73 bits per heavy atom. The first kappa shape index (κ1) is 19.8. The van der Waals surface area contributed by atoms with Gasteiger partial charge in [-0.25, -0.2) is 4.98 Å². The fourth-order valence-electron chi connectivity index (χ4n) is 4.62. The number of aryl methyl sites for hydroxylation is 1. The summed E-state index contributed by atoms with van der Waals surface area (Å²) in [5.41, 5.74) is 6.76. The van der Waals surface area contributed by atoms with Crippen molar-refractivity contribution in [2.75, 3.05) is 13.1 Å². The summed E-state index contributed by atoms with van der Waals surface area (Å²) in [4.78, 5) is 24.7. The molecule has 8 heteroatoms. The van der Waals surface area contributed by atoms with Crippen LogP contribution in [0.4, 0.5) is 0 Å². The van der Waals surface area contributed by atoms with Crippen LogP contribution in [0.25, 0.3) is 44.7 Å². The molecule has 1 aliphatic rings. The van der Waals surface area contributed by atoms with Crippen LogP contribution in [0.5, 0.6) is 0 Å². The summed E-state index contributed by atoms with van der Waals surface area (Å²) in [6.07, 6.45) is 1.86. The lowest BCUT2D eigenvalue weighted by molar-refractivity contribution is 0.0929. The van der Waals surface area contributed by atoms with Crippen LogP contribution in [0.15, 0.2) is 48.5 Å². The highest BCUT2D eigenvalue weighted by atomic mass is 16.1. The third kappa shape index (κ3) is 3.58. The van der Waals surface area contributed by atoms with Crippen molar-refractivity contribution in [1.82, 2.24) is 35.8 Å². The number of piperidine rings is 1. The summed E-state index contributed by atoms with van der Waals surface area (Å²) in [6.45, 7) is 3.71. The van der Waals surface area contributed by atoms with Gasteiger partial charge in [-0.05, 0) is 57.1 Å². The van der Waals surface area contributed by atoms with Crippen molar-refractivity contribution in [3.8, 4) is 22.8 Å². The minimum atomic E-state index is -0.109. The van der Waals surface area contributed by atoms with E-state index in [0.29, 0.717) is 17.1 Å². The van der Waals surface area contributed by atoms with Crippen LogP contribution >= 0.6 is 0 Å². The van der Waals surface area contributed by atoms with Crippen molar-refractivity contribution >= 4 is 27.8 Å². The van der Waals surface area contributed by atoms with E-state index in [2.05, 4.69) is 61.1 Å². The maximum absolute atomic E-state index is 13.1. The van der Waals surface area contributed by atoms with Crippen molar-refractivity contribution in [3.63, 3.8) is 0 Å². The van der Waals surface area contributed by atoms with Gasteiger partial charge in [0.2, 0.25) is 0 Å². The monoisotopic (exact) mass is 439 g/mol. The number of nitrogens with one attached hydrogen (secondary N) is 5. The first-order valence-electron chi connectivity index (χ1n) is 11.3. The average molecular weight is 440 g/mol. The quantitative estimate of drug-likeness (QED) is 0.292. The lowest BCUT2D eigenvalue weighted by Gasteiger charge is -2.23. The molecule has 1 saturated heterocycles. The van der Waals surface area contributed by atoms with Crippen LogP contribution < -0.4 is 10.6 Å². The minimum absolute atomic E-state index is 0.109.